The van der Waals surface area contributed by atoms with Gasteiger partial charge in [-0.2, -0.15) is 0 Å². The standard InChI is InChI=1S/C10H18F2N2O2/c11-9(12)7-14(3-4-15)10(16)5-8-1-2-13-6-8/h8-9,13,15H,1-7H2. The smallest absolute Gasteiger partial charge is 0.255 e. The van der Waals surface area contributed by atoms with Gasteiger partial charge < -0.3 is 15.3 Å². The molecule has 1 fully saturated rings. The lowest BCUT2D eigenvalue weighted by Gasteiger charge is -2.22. The van der Waals surface area contributed by atoms with Crippen LogP contribution >= 0.6 is 0 Å². The summed E-state index contributed by atoms with van der Waals surface area (Å²) in [6.45, 7) is 0.782. The Hall–Kier alpha value is -0.750. The summed E-state index contributed by atoms with van der Waals surface area (Å²) in [6, 6.07) is 0. The second kappa shape index (κ2) is 6.75. The van der Waals surface area contributed by atoms with Crippen molar-refractivity contribution in [3.8, 4) is 0 Å². The molecule has 0 aromatic rings. The van der Waals surface area contributed by atoms with E-state index in [1.54, 1.807) is 0 Å². The molecular weight excluding hydrogens is 218 g/mol. The van der Waals surface area contributed by atoms with Crippen molar-refractivity contribution in [3.05, 3.63) is 0 Å². The van der Waals surface area contributed by atoms with Gasteiger partial charge in [0.1, 0.15) is 0 Å². The Balaban J connectivity index is 2.39. The van der Waals surface area contributed by atoms with Crippen LogP contribution in [0.4, 0.5) is 8.78 Å². The quantitative estimate of drug-likeness (QED) is 0.686. The number of alkyl halides is 2. The Labute approximate surface area is 93.6 Å². The molecule has 6 heteroatoms. The van der Waals surface area contributed by atoms with Crippen LogP contribution in [-0.2, 0) is 4.79 Å². The topological polar surface area (TPSA) is 52.6 Å². The summed E-state index contributed by atoms with van der Waals surface area (Å²) in [4.78, 5) is 12.7. The lowest BCUT2D eigenvalue weighted by Crippen LogP contribution is -2.38. The largest absolute Gasteiger partial charge is 0.395 e. The van der Waals surface area contributed by atoms with Crippen LogP contribution in [0.15, 0.2) is 0 Å². The van der Waals surface area contributed by atoms with Crippen LogP contribution in [0.5, 0.6) is 0 Å². The van der Waals surface area contributed by atoms with E-state index in [4.69, 9.17) is 5.11 Å². The van der Waals surface area contributed by atoms with Crippen molar-refractivity contribution < 1.29 is 18.7 Å². The number of hydrogen-bond acceptors (Lipinski definition) is 3. The molecule has 1 atom stereocenters. The highest BCUT2D eigenvalue weighted by Crippen LogP contribution is 2.14. The number of rotatable bonds is 6. The number of hydrogen-bond donors (Lipinski definition) is 2. The molecule has 4 nitrogen and oxygen atoms in total. The average Bonchev–Trinajstić information content (AvgIpc) is 2.69. The number of nitrogens with zero attached hydrogens (tertiary/aromatic N) is 1. The summed E-state index contributed by atoms with van der Waals surface area (Å²) < 4.78 is 24.4. The van der Waals surface area contributed by atoms with Gasteiger partial charge >= 0.3 is 0 Å². The lowest BCUT2D eigenvalue weighted by atomic mass is 10.0. The number of amides is 1. The zero-order valence-corrected chi connectivity index (χ0v) is 9.16. The van der Waals surface area contributed by atoms with Gasteiger partial charge in [-0.05, 0) is 25.4 Å². The molecule has 0 aromatic heterocycles. The number of carbonyl (C=O) groups is 1. The highest BCUT2D eigenvalue weighted by Gasteiger charge is 2.23. The Kier molecular flexibility index (Phi) is 5.62. The summed E-state index contributed by atoms with van der Waals surface area (Å²) in [5.41, 5.74) is 0. The summed E-state index contributed by atoms with van der Waals surface area (Å²) in [7, 11) is 0. The van der Waals surface area contributed by atoms with Crippen LogP contribution in [0.25, 0.3) is 0 Å². The number of nitrogens with one attached hydrogen (secondary N) is 1. The van der Waals surface area contributed by atoms with E-state index >= 15 is 0 Å². The molecule has 16 heavy (non-hydrogen) atoms. The van der Waals surface area contributed by atoms with Gasteiger partial charge in [-0.3, -0.25) is 4.79 Å². The number of carbonyl (C=O) groups excluding carboxylic acids is 1. The second-order valence-electron chi connectivity index (χ2n) is 4.02. The van der Waals surface area contributed by atoms with E-state index in [1.165, 1.54) is 0 Å². The van der Waals surface area contributed by atoms with E-state index in [0.717, 1.165) is 24.4 Å². The zero-order chi connectivity index (χ0) is 12.0. The zero-order valence-electron chi connectivity index (χ0n) is 9.16. The Morgan fingerprint density at radius 2 is 2.31 bits per heavy atom. The summed E-state index contributed by atoms with van der Waals surface area (Å²) in [6.07, 6.45) is -1.34. The number of aliphatic hydroxyl groups is 1. The van der Waals surface area contributed by atoms with E-state index in [1.807, 2.05) is 0 Å². The van der Waals surface area contributed by atoms with Crippen molar-refractivity contribution in [2.45, 2.75) is 19.3 Å². The molecule has 1 unspecified atom stereocenters. The van der Waals surface area contributed by atoms with E-state index < -0.39 is 13.0 Å². The molecule has 1 rings (SSSR count). The minimum atomic E-state index is -2.54. The van der Waals surface area contributed by atoms with Gasteiger partial charge in [-0.1, -0.05) is 0 Å². The Morgan fingerprint density at radius 1 is 1.56 bits per heavy atom. The van der Waals surface area contributed by atoms with Gasteiger partial charge in [0.25, 0.3) is 6.43 Å². The average molecular weight is 236 g/mol. The van der Waals surface area contributed by atoms with Gasteiger partial charge in [0.05, 0.1) is 13.2 Å². The van der Waals surface area contributed by atoms with Crippen LogP contribution in [0.2, 0.25) is 0 Å². The van der Waals surface area contributed by atoms with Gasteiger partial charge in [-0.15, -0.1) is 0 Å². The van der Waals surface area contributed by atoms with Crippen LogP contribution in [0.3, 0.4) is 0 Å². The predicted molar refractivity (Wildman–Crippen MR) is 55.3 cm³/mol. The minimum Gasteiger partial charge on any atom is -0.395 e. The molecule has 1 heterocycles. The van der Waals surface area contributed by atoms with Crippen molar-refractivity contribution >= 4 is 5.91 Å². The third kappa shape index (κ3) is 4.40. The maximum Gasteiger partial charge on any atom is 0.255 e. The fraction of sp³-hybridized carbons (Fsp3) is 0.900. The van der Waals surface area contributed by atoms with E-state index in [-0.39, 0.29) is 25.0 Å². The van der Waals surface area contributed by atoms with Gasteiger partial charge in [0, 0.05) is 13.0 Å². The molecule has 0 radical (unpaired) electrons. The molecule has 1 aliphatic rings. The SMILES string of the molecule is O=C(CC1CCNC1)N(CCO)CC(F)F. The first-order valence-corrected chi connectivity index (χ1v) is 5.51. The van der Waals surface area contributed by atoms with Crippen molar-refractivity contribution in [2.24, 2.45) is 5.92 Å². The molecule has 94 valence electrons. The third-order valence-electron chi connectivity index (χ3n) is 2.71. The molecular formula is C10H18F2N2O2. The molecule has 2 N–H and O–H groups in total. The van der Waals surface area contributed by atoms with E-state index in [0.29, 0.717) is 6.42 Å². The molecule has 1 saturated heterocycles. The maximum absolute atomic E-state index is 12.2. The first-order valence-electron chi connectivity index (χ1n) is 5.51. The van der Waals surface area contributed by atoms with Gasteiger partial charge in [0.2, 0.25) is 5.91 Å². The van der Waals surface area contributed by atoms with Crippen molar-refractivity contribution in [1.29, 1.82) is 0 Å². The molecule has 0 bridgehead atoms. The van der Waals surface area contributed by atoms with Crippen LogP contribution in [0.1, 0.15) is 12.8 Å². The van der Waals surface area contributed by atoms with Crippen molar-refractivity contribution in [3.63, 3.8) is 0 Å². The Morgan fingerprint density at radius 3 is 2.81 bits per heavy atom. The predicted octanol–water partition coefficient (Wildman–Crippen LogP) is 0.0720. The summed E-state index contributed by atoms with van der Waals surface area (Å²) in [5.74, 6) is -0.0468. The Bertz CT molecular complexity index is 221. The first-order chi connectivity index (χ1) is 7.63. The molecule has 1 aliphatic heterocycles. The monoisotopic (exact) mass is 236 g/mol. The fourth-order valence-electron chi connectivity index (χ4n) is 1.87. The van der Waals surface area contributed by atoms with Crippen LogP contribution in [-0.4, -0.2) is 55.1 Å². The number of halogens is 2. The number of aliphatic hydroxyl groups excluding tert-OH is 1. The van der Waals surface area contributed by atoms with Crippen LogP contribution in [0, 0.1) is 5.92 Å². The molecule has 0 aromatic carbocycles. The maximum atomic E-state index is 12.2. The minimum absolute atomic E-state index is 0.0106. The molecule has 0 saturated carbocycles. The van der Waals surface area contributed by atoms with Gasteiger partial charge in [0.15, 0.2) is 0 Å². The summed E-state index contributed by atoms with van der Waals surface area (Å²) in [5, 5.41) is 11.8. The third-order valence-corrected chi connectivity index (χ3v) is 2.71. The second-order valence-corrected chi connectivity index (χ2v) is 4.02. The first kappa shape index (κ1) is 13.3. The van der Waals surface area contributed by atoms with E-state index in [2.05, 4.69) is 5.32 Å². The highest BCUT2D eigenvalue weighted by molar-refractivity contribution is 5.76. The van der Waals surface area contributed by atoms with Crippen molar-refractivity contribution in [2.75, 3.05) is 32.8 Å². The van der Waals surface area contributed by atoms with Gasteiger partial charge in [-0.25, -0.2) is 8.78 Å². The molecule has 1 amide bonds. The van der Waals surface area contributed by atoms with E-state index in [9.17, 15) is 13.6 Å². The fourth-order valence-corrected chi connectivity index (χ4v) is 1.87. The highest BCUT2D eigenvalue weighted by atomic mass is 19.3. The molecule has 0 spiro atoms. The normalized spacial score (nSPS) is 20.4. The summed E-state index contributed by atoms with van der Waals surface area (Å²) >= 11 is 0. The van der Waals surface area contributed by atoms with Crippen molar-refractivity contribution in [1.82, 2.24) is 10.2 Å². The lowest BCUT2D eigenvalue weighted by molar-refractivity contribution is -0.134. The van der Waals surface area contributed by atoms with Crippen LogP contribution < -0.4 is 5.32 Å². The molecule has 0 aliphatic carbocycles.